The predicted octanol–water partition coefficient (Wildman–Crippen LogP) is 3.31. The molecule has 2 nitrogen and oxygen atoms in total. The lowest BCUT2D eigenvalue weighted by atomic mass is 9.83. The van der Waals surface area contributed by atoms with Crippen molar-refractivity contribution in [1.82, 2.24) is 0 Å². The average Bonchev–Trinajstić information content (AvgIpc) is 2.29. The molecular formula is C12H14FNO. The summed E-state index contributed by atoms with van der Waals surface area (Å²) >= 11 is 0. The zero-order valence-electron chi connectivity index (χ0n) is 8.49. The number of hydrogen-bond acceptors (Lipinski definition) is 2. The summed E-state index contributed by atoms with van der Waals surface area (Å²) in [6.45, 7) is 0. The second-order valence-electron chi connectivity index (χ2n) is 4.00. The molecule has 0 heterocycles. The van der Waals surface area contributed by atoms with Crippen LogP contribution < -0.4 is 0 Å². The summed E-state index contributed by atoms with van der Waals surface area (Å²) < 4.78 is 13.0. The van der Waals surface area contributed by atoms with E-state index in [2.05, 4.69) is 5.16 Å². The van der Waals surface area contributed by atoms with E-state index in [-0.39, 0.29) is 5.82 Å². The topological polar surface area (TPSA) is 32.6 Å². The van der Waals surface area contributed by atoms with Crippen molar-refractivity contribution >= 4 is 5.71 Å². The Balaban J connectivity index is 2.07. The molecule has 15 heavy (non-hydrogen) atoms. The van der Waals surface area contributed by atoms with Crippen LogP contribution in [0.5, 0.6) is 0 Å². The Labute approximate surface area is 88.4 Å². The SMILES string of the molecule is ON=C1CCC(c2cccc(F)c2)CC1. The molecule has 0 atom stereocenters. The first-order valence-electron chi connectivity index (χ1n) is 5.25. The molecule has 1 aromatic carbocycles. The first-order valence-corrected chi connectivity index (χ1v) is 5.25. The van der Waals surface area contributed by atoms with Crippen molar-refractivity contribution in [3.63, 3.8) is 0 Å². The van der Waals surface area contributed by atoms with Crippen molar-refractivity contribution < 1.29 is 9.60 Å². The molecule has 1 N–H and O–H groups in total. The van der Waals surface area contributed by atoms with Crippen LogP contribution in [0.3, 0.4) is 0 Å². The molecule has 0 aliphatic heterocycles. The molecule has 1 aromatic rings. The van der Waals surface area contributed by atoms with Gasteiger partial charge in [0.15, 0.2) is 0 Å². The summed E-state index contributed by atoms with van der Waals surface area (Å²) in [4.78, 5) is 0. The van der Waals surface area contributed by atoms with Crippen LogP contribution in [-0.2, 0) is 0 Å². The van der Waals surface area contributed by atoms with Crippen molar-refractivity contribution in [1.29, 1.82) is 0 Å². The fourth-order valence-corrected chi connectivity index (χ4v) is 2.14. The monoisotopic (exact) mass is 207 g/mol. The largest absolute Gasteiger partial charge is 0.411 e. The summed E-state index contributed by atoms with van der Waals surface area (Å²) in [5.74, 6) is 0.236. The van der Waals surface area contributed by atoms with Gasteiger partial charge in [-0.1, -0.05) is 17.3 Å². The molecule has 1 aliphatic carbocycles. The zero-order chi connectivity index (χ0) is 10.7. The number of hydrogen-bond donors (Lipinski definition) is 1. The van der Waals surface area contributed by atoms with Crippen molar-refractivity contribution in [3.8, 4) is 0 Å². The minimum atomic E-state index is -0.172. The smallest absolute Gasteiger partial charge is 0.123 e. The first-order chi connectivity index (χ1) is 7.29. The van der Waals surface area contributed by atoms with Gasteiger partial charge in [-0.05, 0) is 49.3 Å². The number of halogens is 1. The molecule has 1 aliphatic rings. The Kier molecular flexibility index (Phi) is 2.99. The number of oxime groups is 1. The predicted molar refractivity (Wildman–Crippen MR) is 56.8 cm³/mol. The molecule has 1 fully saturated rings. The van der Waals surface area contributed by atoms with E-state index in [4.69, 9.17) is 5.21 Å². The van der Waals surface area contributed by atoms with Crippen LogP contribution in [0, 0.1) is 5.82 Å². The summed E-state index contributed by atoms with van der Waals surface area (Å²) in [5, 5.41) is 11.9. The fraction of sp³-hybridized carbons (Fsp3) is 0.417. The normalized spacial score (nSPS) is 21.4. The van der Waals surface area contributed by atoms with Crippen molar-refractivity contribution in [2.75, 3.05) is 0 Å². The highest BCUT2D eigenvalue weighted by Gasteiger charge is 2.19. The van der Waals surface area contributed by atoms with Gasteiger partial charge in [0.05, 0.1) is 5.71 Å². The third kappa shape index (κ3) is 2.35. The van der Waals surface area contributed by atoms with Gasteiger partial charge in [-0.15, -0.1) is 0 Å². The van der Waals surface area contributed by atoms with E-state index in [0.29, 0.717) is 5.92 Å². The maximum Gasteiger partial charge on any atom is 0.123 e. The van der Waals surface area contributed by atoms with Crippen LogP contribution in [-0.4, -0.2) is 10.9 Å². The lowest BCUT2D eigenvalue weighted by Gasteiger charge is -2.22. The van der Waals surface area contributed by atoms with Crippen LogP contribution in [0.15, 0.2) is 29.4 Å². The summed E-state index contributed by atoms with van der Waals surface area (Å²) in [7, 11) is 0. The Morgan fingerprint density at radius 3 is 2.60 bits per heavy atom. The average molecular weight is 207 g/mol. The Bertz CT molecular complexity index is 366. The van der Waals surface area contributed by atoms with E-state index in [1.54, 1.807) is 12.1 Å². The van der Waals surface area contributed by atoms with Gasteiger partial charge in [-0.3, -0.25) is 0 Å². The minimum absolute atomic E-state index is 0.172. The number of nitrogens with zero attached hydrogens (tertiary/aromatic N) is 1. The molecular weight excluding hydrogens is 193 g/mol. The van der Waals surface area contributed by atoms with Gasteiger partial charge >= 0.3 is 0 Å². The molecule has 0 spiro atoms. The highest BCUT2D eigenvalue weighted by Crippen LogP contribution is 2.31. The van der Waals surface area contributed by atoms with Crippen molar-refractivity contribution in [2.45, 2.75) is 31.6 Å². The summed E-state index contributed by atoms with van der Waals surface area (Å²) in [6, 6.07) is 6.79. The molecule has 2 rings (SSSR count). The van der Waals surface area contributed by atoms with Crippen LogP contribution >= 0.6 is 0 Å². The molecule has 0 bridgehead atoms. The van der Waals surface area contributed by atoms with Gasteiger partial charge in [0.1, 0.15) is 5.82 Å². The third-order valence-electron chi connectivity index (χ3n) is 3.02. The van der Waals surface area contributed by atoms with Crippen LogP contribution in [0.1, 0.15) is 37.2 Å². The molecule has 80 valence electrons. The highest BCUT2D eigenvalue weighted by atomic mass is 19.1. The maximum absolute atomic E-state index is 13.0. The Morgan fingerprint density at radius 1 is 1.27 bits per heavy atom. The summed E-state index contributed by atoms with van der Waals surface area (Å²) in [5.41, 5.74) is 1.93. The second-order valence-corrected chi connectivity index (χ2v) is 4.00. The first kappa shape index (κ1) is 10.1. The summed E-state index contributed by atoms with van der Waals surface area (Å²) in [6.07, 6.45) is 3.53. The van der Waals surface area contributed by atoms with Gasteiger partial charge in [0.25, 0.3) is 0 Å². The van der Waals surface area contributed by atoms with Crippen LogP contribution in [0.25, 0.3) is 0 Å². The standard InChI is InChI=1S/C12H14FNO/c13-11-3-1-2-10(8-11)9-4-6-12(14-15)7-5-9/h1-3,8-9,15H,4-7H2. The third-order valence-corrected chi connectivity index (χ3v) is 3.02. The molecule has 0 saturated heterocycles. The van der Waals surface area contributed by atoms with E-state index in [9.17, 15) is 4.39 Å². The molecule has 3 heteroatoms. The van der Waals surface area contributed by atoms with Gasteiger partial charge in [0, 0.05) is 0 Å². The van der Waals surface area contributed by atoms with E-state index in [0.717, 1.165) is 37.0 Å². The molecule has 0 radical (unpaired) electrons. The zero-order valence-corrected chi connectivity index (χ0v) is 8.49. The van der Waals surface area contributed by atoms with Gasteiger partial charge in [0.2, 0.25) is 0 Å². The van der Waals surface area contributed by atoms with Crippen molar-refractivity contribution in [3.05, 3.63) is 35.6 Å². The number of rotatable bonds is 1. The molecule has 0 amide bonds. The van der Waals surface area contributed by atoms with Gasteiger partial charge in [-0.2, -0.15) is 0 Å². The highest BCUT2D eigenvalue weighted by molar-refractivity contribution is 5.84. The lowest BCUT2D eigenvalue weighted by Crippen LogP contribution is -2.12. The maximum atomic E-state index is 13.0. The minimum Gasteiger partial charge on any atom is -0.411 e. The fourth-order valence-electron chi connectivity index (χ4n) is 2.14. The lowest BCUT2D eigenvalue weighted by molar-refractivity contribution is 0.313. The van der Waals surface area contributed by atoms with E-state index >= 15 is 0 Å². The van der Waals surface area contributed by atoms with Gasteiger partial charge in [-0.25, -0.2) is 4.39 Å². The van der Waals surface area contributed by atoms with Crippen molar-refractivity contribution in [2.24, 2.45) is 5.16 Å². The van der Waals surface area contributed by atoms with Gasteiger partial charge < -0.3 is 5.21 Å². The molecule has 0 unspecified atom stereocenters. The van der Waals surface area contributed by atoms with E-state index in [1.807, 2.05) is 6.07 Å². The quantitative estimate of drug-likeness (QED) is 0.556. The molecule has 1 saturated carbocycles. The molecule has 0 aromatic heterocycles. The van der Waals surface area contributed by atoms with Crippen LogP contribution in [0.2, 0.25) is 0 Å². The van der Waals surface area contributed by atoms with E-state index < -0.39 is 0 Å². The second kappa shape index (κ2) is 4.43. The van der Waals surface area contributed by atoms with Crippen LogP contribution in [0.4, 0.5) is 4.39 Å². The Hall–Kier alpha value is -1.38. The Morgan fingerprint density at radius 2 is 2.00 bits per heavy atom. The number of benzene rings is 1. The van der Waals surface area contributed by atoms with E-state index in [1.165, 1.54) is 6.07 Å².